The molecule has 0 unspecified atom stereocenters. The standard InChI is InChI=1S/C10H18N2O3/c1-10(2,11)9(15)12-5-3-4-7(6-12)8(13)14/h7H,3-6,11H2,1-2H3,(H,13,14)/t7-/m0/s1. The first-order valence-corrected chi connectivity index (χ1v) is 5.13. The van der Waals surface area contributed by atoms with Crippen molar-refractivity contribution in [1.82, 2.24) is 4.90 Å². The Hall–Kier alpha value is -1.10. The van der Waals surface area contributed by atoms with Gasteiger partial charge in [0.1, 0.15) is 0 Å². The van der Waals surface area contributed by atoms with E-state index in [4.69, 9.17) is 10.8 Å². The van der Waals surface area contributed by atoms with Gasteiger partial charge in [-0.2, -0.15) is 0 Å². The van der Waals surface area contributed by atoms with E-state index in [9.17, 15) is 9.59 Å². The van der Waals surface area contributed by atoms with Crippen molar-refractivity contribution >= 4 is 11.9 Å². The highest BCUT2D eigenvalue weighted by Gasteiger charge is 2.33. The number of nitrogens with zero attached hydrogens (tertiary/aromatic N) is 1. The molecule has 1 aliphatic heterocycles. The van der Waals surface area contributed by atoms with Crippen molar-refractivity contribution in [2.75, 3.05) is 13.1 Å². The lowest BCUT2D eigenvalue weighted by atomic mass is 9.96. The Morgan fingerprint density at radius 1 is 1.47 bits per heavy atom. The van der Waals surface area contributed by atoms with Gasteiger partial charge in [-0.3, -0.25) is 9.59 Å². The van der Waals surface area contributed by atoms with E-state index >= 15 is 0 Å². The molecule has 0 bridgehead atoms. The van der Waals surface area contributed by atoms with E-state index in [1.807, 2.05) is 0 Å². The maximum atomic E-state index is 11.8. The minimum absolute atomic E-state index is 0.173. The molecule has 1 amide bonds. The summed E-state index contributed by atoms with van der Waals surface area (Å²) in [5, 5.41) is 8.87. The Labute approximate surface area is 89.2 Å². The number of likely N-dealkylation sites (tertiary alicyclic amines) is 1. The first kappa shape index (κ1) is 12.0. The smallest absolute Gasteiger partial charge is 0.308 e. The molecule has 0 aromatic carbocycles. The van der Waals surface area contributed by atoms with Crippen molar-refractivity contribution in [1.29, 1.82) is 0 Å². The molecule has 1 rings (SSSR count). The third kappa shape index (κ3) is 2.92. The number of aliphatic carboxylic acids is 1. The van der Waals surface area contributed by atoms with Crippen molar-refractivity contribution in [2.24, 2.45) is 11.7 Å². The Kier molecular flexibility index (Phi) is 3.34. The first-order valence-electron chi connectivity index (χ1n) is 5.13. The highest BCUT2D eigenvalue weighted by molar-refractivity contribution is 5.85. The van der Waals surface area contributed by atoms with Gasteiger partial charge in [0.25, 0.3) is 0 Å². The van der Waals surface area contributed by atoms with Crippen LogP contribution in [0.15, 0.2) is 0 Å². The van der Waals surface area contributed by atoms with Gasteiger partial charge in [0.05, 0.1) is 11.5 Å². The molecule has 3 N–H and O–H groups in total. The van der Waals surface area contributed by atoms with Gasteiger partial charge in [0.2, 0.25) is 5.91 Å². The molecule has 1 heterocycles. The van der Waals surface area contributed by atoms with Crippen molar-refractivity contribution in [2.45, 2.75) is 32.2 Å². The van der Waals surface area contributed by atoms with Gasteiger partial charge in [-0.15, -0.1) is 0 Å². The van der Waals surface area contributed by atoms with Crippen LogP contribution in [0.2, 0.25) is 0 Å². The Balaban J connectivity index is 2.64. The van der Waals surface area contributed by atoms with Crippen LogP contribution in [-0.2, 0) is 9.59 Å². The highest BCUT2D eigenvalue weighted by Crippen LogP contribution is 2.18. The number of amides is 1. The maximum Gasteiger partial charge on any atom is 0.308 e. The molecule has 1 saturated heterocycles. The summed E-state index contributed by atoms with van der Waals surface area (Å²) >= 11 is 0. The summed E-state index contributed by atoms with van der Waals surface area (Å²) in [6, 6.07) is 0. The number of carbonyl (C=O) groups excluding carboxylic acids is 1. The second-order valence-electron chi connectivity index (χ2n) is 4.65. The minimum Gasteiger partial charge on any atom is -0.481 e. The van der Waals surface area contributed by atoms with E-state index < -0.39 is 17.4 Å². The predicted octanol–water partition coefficient (Wildman–Crippen LogP) is 0.0469. The monoisotopic (exact) mass is 214 g/mol. The molecule has 1 aliphatic rings. The van der Waals surface area contributed by atoms with Gasteiger partial charge in [-0.25, -0.2) is 0 Å². The lowest BCUT2D eigenvalue weighted by Crippen LogP contribution is -2.54. The fourth-order valence-corrected chi connectivity index (χ4v) is 1.77. The number of hydrogen-bond donors (Lipinski definition) is 2. The number of rotatable bonds is 2. The van der Waals surface area contributed by atoms with Crippen LogP contribution < -0.4 is 5.73 Å². The molecule has 0 aromatic heterocycles. The van der Waals surface area contributed by atoms with E-state index in [2.05, 4.69) is 0 Å². The van der Waals surface area contributed by atoms with Crippen molar-refractivity contribution < 1.29 is 14.7 Å². The summed E-state index contributed by atoms with van der Waals surface area (Å²) < 4.78 is 0. The molecule has 0 aromatic rings. The van der Waals surface area contributed by atoms with Crippen molar-refractivity contribution in [3.63, 3.8) is 0 Å². The molecule has 1 fully saturated rings. The average Bonchev–Trinajstić information content (AvgIpc) is 2.15. The SMILES string of the molecule is CC(C)(N)C(=O)N1CCC[C@H](C(=O)O)C1. The summed E-state index contributed by atoms with van der Waals surface area (Å²) in [7, 11) is 0. The van der Waals surface area contributed by atoms with Crippen LogP contribution in [0.5, 0.6) is 0 Å². The van der Waals surface area contributed by atoms with E-state index in [0.29, 0.717) is 13.0 Å². The topological polar surface area (TPSA) is 83.6 Å². The second-order valence-corrected chi connectivity index (χ2v) is 4.65. The molecule has 0 radical (unpaired) electrons. The number of carboxylic acids is 1. The average molecular weight is 214 g/mol. The van der Waals surface area contributed by atoms with Crippen LogP contribution in [-0.4, -0.2) is 40.5 Å². The predicted molar refractivity (Wildman–Crippen MR) is 55.2 cm³/mol. The van der Waals surface area contributed by atoms with Crippen LogP contribution in [0, 0.1) is 5.92 Å². The van der Waals surface area contributed by atoms with E-state index in [-0.39, 0.29) is 12.5 Å². The molecule has 0 saturated carbocycles. The lowest BCUT2D eigenvalue weighted by Gasteiger charge is -2.34. The highest BCUT2D eigenvalue weighted by atomic mass is 16.4. The van der Waals surface area contributed by atoms with Crippen LogP contribution in [0.3, 0.4) is 0 Å². The van der Waals surface area contributed by atoms with Gasteiger partial charge in [-0.05, 0) is 26.7 Å². The molecular weight excluding hydrogens is 196 g/mol. The van der Waals surface area contributed by atoms with Gasteiger partial charge >= 0.3 is 5.97 Å². The Morgan fingerprint density at radius 2 is 2.07 bits per heavy atom. The minimum atomic E-state index is -0.916. The van der Waals surface area contributed by atoms with Gasteiger partial charge in [-0.1, -0.05) is 0 Å². The molecular formula is C10H18N2O3. The van der Waals surface area contributed by atoms with Crippen molar-refractivity contribution in [3.05, 3.63) is 0 Å². The Bertz CT molecular complexity index is 270. The summed E-state index contributed by atoms with van der Waals surface area (Å²) in [6.07, 6.45) is 1.38. The van der Waals surface area contributed by atoms with Crippen LogP contribution in [0.4, 0.5) is 0 Å². The third-order valence-corrected chi connectivity index (χ3v) is 2.61. The maximum absolute atomic E-state index is 11.8. The number of carboxylic acid groups (broad SMARTS) is 1. The molecule has 5 nitrogen and oxygen atoms in total. The summed E-state index contributed by atoms with van der Waals surface area (Å²) in [5.74, 6) is -1.44. The molecule has 0 aliphatic carbocycles. The molecule has 86 valence electrons. The van der Waals surface area contributed by atoms with E-state index in [1.165, 1.54) is 0 Å². The number of piperidine rings is 1. The number of nitrogens with two attached hydrogens (primary N) is 1. The zero-order valence-corrected chi connectivity index (χ0v) is 9.19. The third-order valence-electron chi connectivity index (χ3n) is 2.61. The zero-order chi connectivity index (χ0) is 11.6. The molecule has 1 atom stereocenters. The van der Waals surface area contributed by atoms with Gasteiger partial charge in [0, 0.05) is 13.1 Å². The molecule has 0 spiro atoms. The lowest BCUT2D eigenvalue weighted by molar-refractivity contribution is -0.147. The summed E-state index contributed by atoms with van der Waals surface area (Å²) in [5.41, 5.74) is 4.78. The van der Waals surface area contributed by atoms with E-state index in [1.54, 1.807) is 18.7 Å². The number of hydrogen-bond acceptors (Lipinski definition) is 3. The molecule has 5 heteroatoms. The van der Waals surface area contributed by atoms with Gasteiger partial charge in [0.15, 0.2) is 0 Å². The normalized spacial score (nSPS) is 22.6. The quantitative estimate of drug-likeness (QED) is 0.680. The fraction of sp³-hybridized carbons (Fsp3) is 0.800. The molecule has 15 heavy (non-hydrogen) atoms. The fourth-order valence-electron chi connectivity index (χ4n) is 1.77. The largest absolute Gasteiger partial charge is 0.481 e. The van der Waals surface area contributed by atoms with E-state index in [0.717, 1.165) is 6.42 Å². The second kappa shape index (κ2) is 4.18. The summed E-state index contributed by atoms with van der Waals surface area (Å²) in [4.78, 5) is 24.2. The summed E-state index contributed by atoms with van der Waals surface area (Å²) in [6.45, 7) is 4.18. The van der Waals surface area contributed by atoms with Gasteiger partial charge < -0.3 is 15.7 Å². The Morgan fingerprint density at radius 3 is 2.53 bits per heavy atom. The number of carbonyl (C=O) groups is 2. The van der Waals surface area contributed by atoms with Crippen LogP contribution >= 0.6 is 0 Å². The van der Waals surface area contributed by atoms with Crippen LogP contribution in [0.25, 0.3) is 0 Å². The van der Waals surface area contributed by atoms with Crippen molar-refractivity contribution in [3.8, 4) is 0 Å². The van der Waals surface area contributed by atoms with Crippen LogP contribution in [0.1, 0.15) is 26.7 Å². The zero-order valence-electron chi connectivity index (χ0n) is 9.19. The first-order chi connectivity index (χ1) is 6.82.